The topological polar surface area (TPSA) is 71.8 Å². The first-order chi connectivity index (χ1) is 12.3. The van der Waals surface area contributed by atoms with Crippen LogP contribution in [0.5, 0.6) is 0 Å². The van der Waals surface area contributed by atoms with Crippen LogP contribution in [0.25, 0.3) is 39.1 Å². The number of pyridine rings is 2. The summed E-state index contributed by atoms with van der Waals surface area (Å²) in [6.45, 7) is 2.08. The van der Waals surface area contributed by atoms with Gasteiger partial charge >= 0.3 is 0 Å². The SMILES string of the molecule is Cc1ccncc1-c1cnc2[nH]cc(-c3ccc4nccn4n3)c2c1. The molecule has 1 N–H and O–H groups in total. The van der Waals surface area contributed by atoms with Crippen LogP contribution in [0, 0.1) is 6.92 Å². The third-order valence-corrected chi connectivity index (χ3v) is 4.41. The number of hydrogen-bond donors (Lipinski definition) is 1. The molecule has 0 radical (unpaired) electrons. The number of aromatic amines is 1. The molecular formula is C19H14N6. The summed E-state index contributed by atoms with van der Waals surface area (Å²) in [6.07, 6.45) is 11.1. The molecule has 0 aliphatic rings. The van der Waals surface area contributed by atoms with Gasteiger partial charge in [-0.05, 0) is 36.8 Å². The second-order valence-corrected chi connectivity index (χ2v) is 5.96. The number of aromatic nitrogens is 6. The van der Waals surface area contributed by atoms with Crippen LogP contribution in [-0.4, -0.2) is 29.5 Å². The molecule has 0 fully saturated rings. The van der Waals surface area contributed by atoms with Crippen molar-refractivity contribution < 1.29 is 0 Å². The summed E-state index contributed by atoms with van der Waals surface area (Å²) >= 11 is 0. The number of fused-ring (bicyclic) bond motifs is 2. The Balaban J connectivity index is 1.71. The Labute approximate surface area is 143 Å². The first-order valence-corrected chi connectivity index (χ1v) is 7.98. The van der Waals surface area contributed by atoms with Gasteiger partial charge in [-0.3, -0.25) is 4.98 Å². The van der Waals surface area contributed by atoms with Crippen LogP contribution in [0.3, 0.4) is 0 Å². The third kappa shape index (κ3) is 2.19. The molecule has 0 unspecified atom stereocenters. The minimum atomic E-state index is 0.827. The average Bonchev–Trinajstić information content (AvgIpc) is 3.27. The number of H-pyrrole nitrogens is 1. The monoisotopic (exact) mass is 326 g/mol. The van der Waals surface area contributed by atoms with Crippen molar-refractivity contribution in [2.75, 3.05) is 0 Å². The van der Waals surface area contributed by atoms with Crippen LogP contribution >= 0.6 is 0 Å². The predicted molar refractivity (Wildman–Crippen MR) is 96.0 cm³/mol. The highest BCUT2D eigenvalue weighted by molar-refractivity contribution is 5.95. The molecule has 0 aliphatic heterocycles. The Bertz CT molecular complexity index is 1220. The van der Waals surface area contributed by atoms with Gasteiger partial charge in [-0.25, -0.2) is 14.5 Å². The van der Waals surface area contributed by atoms with Crippen LogP contribution in [-0.2, 0) is 0 Å². The fraction of sp³-hybridized carbons (Fsp3) is 0.0526. The van der Waals surface area contributed by atoms with Gasteiger partial charge < -0.3 is 4.98 Å². The normalized spacial score (nSPS) is 11.4. The van der Waals surface area contributed by atoms with E-state index in [0.29, 0.717) is 0 Å². The van der Waals surface area contributed by atoms with Crippen molar-refractivity contribution in [3.8, 4) is 22.4 Å². The molecule has 0 amide bonds. The molecule has 0 atom stereocenters. The summed E-state index contributed by atoms with van der Waals surface area (Å²) in [4.78, 5) is 16.3. The molecule has 5 aromatic rings. The summed E-state index contributed by atoms with van der Waals surface area (Å²) in [7, 11) is 0. The largest absolute Gasteiger partial charge is 0.345 e. The van der Waals surface area contributed by atoms with Gasteiger partial charge in [0.2, 0.25) is 0 Å². The van der Waals surface area contributed by atoms with E-state index >= 15 is 0 Å². The Morgan fingerprint density at radius 2 is 1.96 bits per heavy atom. The lowest BCUT2D eigenvalue weighted by molar-refractivity contribution is 0.943. The van der Waals surface area contributed by atoms with Crippen molar-refractivity contribution in [1.82, 2.24) is 29.5 Å². The average molecular weight is 326 g/mol. The fourth-order valence-corrected chi connectivity index (χ4v) is 3.09. The van der Waals surface area contributed by atoms with Gasteiger partial charge in [-0.15, -0.1) is 0 Å². The predicted octanol–water partition coefficient (Wildman–Crippen LogP) is 3.64. The molecule has 0 saturated carbocycles. The van der Waals surface area contributed by atoms with Crippen molar-refractivity contribution in [2.45, 2.75) is 6.92 Å². The molecule has 25 heavy (non-hydrogen) atoms. The zero-order chi connectivity index (χ0) is 16.8. The zero-order valence-electron chi connectivity index (χ0n) is 13.5. The summed E-state index contributed by atoms with van der Waals surface area (Å²) in [5.41, 5.74) is 6.86. The number of rotatable bonds is 2. The smallest absolute Gasteiger partial charge is 0.153 e. The Hall–Kier alpha value is -3.54. The summed E-state index contributed by atoms with van der Waals surface area (Å²) < 4.78 is 1.77. The van der Waals surface area contributed by atoms with Crippen molar-refractivity contribution in [3.63, 3.8) is 0 Å². The molecule has 120 valence electrons. The standard InChI is InChI=1S/C19H14N6/c1-12-4-5-20-10-15(12)13-8-14-16(11-23-19(14)22-9-13)17-2-3-18-21-6-7-25(18)24-17/h2-11H,1H3,(H,22,23). The Kier molecular flexibility index (Phi) is 2.90. The summed E-state index contributed by atoms with van der Waals surface area (Å²) in [6, 6.07) is 8.08. The van der Waals surface area contributed by atoms with Crippen LogP contribution in [0.4, 0.5) is 0 Å². The van der Waals surface area contributed by atoms with Gasteiger partial charge in [0.05, 0.1) is 5.69 Å². The lowest BCUT2D eigenvalue weighted by Crippen LogP contribution is -1.92. The number of imidazole rings is 1. The molecule has 6 nitrogen and oxygen atoms in total. The summed E-state index contributed by atoms with van der Waals surface area (Å²) in [5.74, 6) is 0. The number of nitrogens with zero attached hydrogens (tertiary/aromatic N) is 5. The van der Waals surface area contributed by atoms with Gasteiger partial charge in [0.1, 0.15) is 5.65 Å². The molecule has 0 aliphatic carbocycles. The molecule has 0 aromatic carbocycles. The molecule has 6 heteroatoms. The van der Waals surface area contributed by atoms with Gasteiger partial charge in [-0.1, -0.05) is 0 Å². The van der Waals surface area contributed by atoms with E-state index in [4.69, 9.17) is 0 Å². The molecule has 0 spiro atoms. The van der Waals surface area contributed by atoms with Gasteiger partial charge in [0.15, 0.2) is 5.65 Å². The van der Waals surface area contributed by atoms with E-state index in [1.54, 1.807) is 16.9 Å². The molecule has 0 saturated heterocycles. The maximum atomic E-state index is 4.64. The highest BCUT2D eigenvalue weighted by atomic mass is 15.2. The van der Waals surface area contributed by atoms with Gasteiger partial charge in [-0.2, -0.15) is 5.10 Å². The Morgan fingerprint density at radius 3 is 2.88 bits per heavy atom. The van der Waals surface area contributed by atoms with E-state index < -0.39 is 0 Å². The van der Waals surface area contributed by atoms with Gasteiger partial charge in [0.25, 0.3) is 0 Å². The van der Waals surface area contributed by atoms with E-state index in [9.17, 15) is 0 Å². The quantitative estimate of drug-likeness (QED) is 0.537. The van der Waals surface area contributed by atoms with Crippen LogP contribution in [0.2, 0.25) is 0 Å². The molecule has 0 bridgehead atoms. The van der Waals surface area contributed by atoms with Crippen LogP contribution in [0.1, 0.15) is 5.56 Å². The highest BCUT2D eigenvalue weighted by Gasteiger charge is 2.12. The first-order valence-electron chi connectivity index (χ1n) is 7.98. The molecular weight excluding hydrogens is 312 g/mol. The van der Waals surface area contributed by atoms with E-state index in [-0.39, 0.29) is 0 Å². The number of nitrogens with one attached hydrogen (secondary N) is 1. The second kappa shape index (κ2) is 5.24. The lowest BCUT2D eigenvalue weighted by Gasteiger charge is -2.05. The van der Waals surface area contributed by atoms with E-state index in [2.05, 4.69) is 38.0 Å². The maximum Gasteiger partial charge on any atom is 0.153 e. The minimum Gasteiger partial charge on any atom is -0.345 e. The maximum absolute atomic E-state index is 4.64. The first kappa shape index (κ1) is 13.9. The highest BCUT2D eigenvalue weighted by Crippen LogP contribution is 2.30. The zero-order valence-corrected chi connectivity index (χ0v) is 13.5. The fourth-order valence-electron chi connectivity index (χ4n) is 3.09. The van der Waals surface area contributed by atoms with Crippen molar-refractivity contribution in [2.24, 2.45) is 0 Å². The van der Waals surface area contributed by atoms with Crippen LogP contribution < -0.4 is 0 Å². The van der Waals surface area contributed by atoms with Gasteiger partial charge in [0, 0.05) is 59.3 Å². The van der Waals surface area contributed by atoms with E-state index in [1.807, 2.05) is 43.0 Å². The second-order valence-electron chi connectivity index (χ2n) is 5.96. The van der Waals surface area contributed by atoms with Crippen LogP contribution in [0.15, 0.2) is 61.4 Å². The molecule has 5 heterocycles. The number of aryl methyl sites for hydroxylation is 1. The molecule has 5 rings (SSSR count). The van der Waals surface area contributed by atoms with Crippen molar-refractivity contribution in [3.05, 3.63) is 67.0 Å². The third-order valence-electron chi connectivity index (χ3n) is 4.41. The number of hydrogen-bond acceptors (Lipinski definition) is 4. The van der Waals surface area contributed by atoms with E-state index in [1.165, 1.54) is 5.56 Å². The summed E-state index contributed by atoms with van der Waals surface area (Å²) in [5, 5.41) is 5.68. The van der Waals surface area contributed by atoms with Crippen molar-refractivity contribution >= 4 is 16.7 Å². The van der Waals surface area contributed by atoms with E-state index in [0.717, 1.165) is 39.1 Å². The lowest BCUT2D eigenvalue weighted by atomic mass is 10.0. The Morgan fingerprint density at radius 1 is 1.00 bits per heavy atom. The van der Waals surface area contributed by atoms with Crippen molar-refractivity contribution in [1.29, 1.82) is 0 Å². The minimum absolute atomic E-state index is 0.827. The molecule has 5 aromatic heterocycles.